The van der Waals surface area contributed by atoms with Crippen LogP contribution in [0, 0.1) is 5.92 Å². The van der Waals surface area contributed by atoms with Crippen molar-refractivity contribution in [1.29, 1.82) is 0 Å². The molecule has 9 heteroatoms. The van der Waals surface area contributed by atoms with E-state index in [-0.39, 0.29) is 18.2 Å². The minimum absolute atomic E-state index is 0.0952. The lowest BCUT2D eigenvalue weighted by atomic mass is 9.98. The van der Waals surface area contributed by atoms with Crippen LogP contribution in [0.5, 0.6) is 11.5 Å². The van der Waals surface area contributed by atoms with E-state index in [1.807, 2.05) is 36.4 Å². The van der Waals surface area contributed by atoms with E-state index in [4.69, 9.17) is 27.9 Å². The van der Waals surface area contributed by atoms with Crippen molar-refractivity contribution in [3.05, 3.63) is 88.4 Å². The van der Waals surface area contributed by atoms with Crippen LogP contribution >= 0.6 is 23.2 Å². The number of nitrogens with one attached hydrogen (secondary N) is 1. The maximum absolute atomic E-state index is 13.1. The molecule has 0 saturated carbocycles. The monoisotopic (exact) mass is 518 g/mol. The SMILES string of the molecule is O=C(Nc1ccccc1Oc1ccccc1)[C@@H]1CCCN(S(=O)(=O)Cc2c(Cl)cccc2Cl)C1. The predicted molar refractivity (Wildman–Crippen MR) is 135 cm³/mol. The van der Waals surface area contributed by atoms with Crippen LogP contribution < -0.4 is 10.1 Å². The van der Waals surface area contributed by atoms with E-state index in [2.05, 4.69) is 5.32 Å². The number of hydrogen-bond acceptors (Lipinski definition) is 4. The first-order valence-corrected chi connectivity index (χ1v) is 13.2. The minimum atomic E-state index is -3.71. The smallest absolute Gasteiger partial charge is 0.228 e. The van der Waals surface area contributed by atoms with Crippen LogP contribution in [0.2, 0.25) is 10.0 Å². The highest BCUT2D eigenvalue weighted by atomic mass is 35.5. The number of carbonyl (C=O) groups is 1. The summed E-state index contributed by atoms with van der Waals surface area (Å²) in [5.74, 6) is 0.107. The fraction of sp³-hybridized carbons (Fsp3) is 0.240. The van der Waals surface area contributed by atoms with Gasteiger partial charge in [-0.2, -0.15) is 0 Å². The third-order valence-electron chi connectivity index (χ3n) is 5.65. The average molecular weight is 519 g/mol. The van der Waals surface area contributed by atoms with Gasteiger partial charge in [0.05, 0.1) is 17.4 Å². The topological polar surface area (TPSA) is 75.7 Å². The Bertz CT molecular complexity index is 1250. The van der Waals surface area contributed by atoms with Crippen molar-refractivity contribution in [2.75, 3.05) is 18.4 Å². The number of benzene rings is 3. The summed E-state index contributed by atoms with van der Waals surface area (Å²) in [7, 11) is -3.71. The molecule has 3 aromatic rings. The fourth-order valence-corrected chi connectivity index (χ4v) is 6.22. The van der Waals surface area contributed by atoms with Crippen molar-refractivity contribution in [2.45, 2.75) is 18.6 Å². The summed E-state index contributed by atoms with van der Waals surface area (Å²) in [6.07, 6.45) is 1.17. The van der Waals surface area contributed by atoms with Gasteiger partial charge in [-0.05, 0) is 49.2 Å². The Hall–Kier alpha value is -2.58. The standard InChI is InChI=1S/C25H24Cl2N2O4S/c26-21-11-6-12-22(27)20(21)17-34(31,32)29-15-7-8-18(16-29)25(30)28-23-13-4-5-14-24(23)33-19-9-2-1-3-10-19/h1-6,9-14,18H,7-8,15-17H2,(H,28,30)/t18-/m1/s1. The van der Waals surface area contributed by atoms with Gasteiger partial charge in [0, 0.05) is 28.7 Å². The maximum Gasteiger partial charge on any atom is 0.228 e. The molecule has 1 aliphatic heterocycles. The normalized spacial score (nSPS) is 16.7. The highest BCUT2D eigenvalue weighted by Gasteiger charge is 2.33. The lowest BCUT2D eigenvalue weighted by molar-refractivity contribution is -0.120. The highest BCUT2D eigenvalue weighted by Crippen LogP contribution is 2.32. The van der Waals surface area contributed by atoms with Gasteiger partial charge in [0.2, 0.25) is 15.9 Å². The van der Waals surface area contributed by atoms with E-state index in [1.54, 1.807) is 36.4 Å². The van der Waals surface area contributed by atoms with Crippen LogP contribution in [0.15, 0.2) is 72.8 Å². The molecule has 0 radical (unpaired) electrons. The van der Waals surface area contributed by atoms with E-state index >= 15 is 0 Å². The second kappa shape index (κ2) is 10.8. The second-order valence-electron chi connectivity index (χ2n) is 8.05. The molecule has 6 nitrogen and oxygen atoms in total. The molecule has 3 aromatic carbocycles. The summed E-state index contributed by atoms with van der Waals surface area (Å²) in [4.78, 5) is 13.1. The number of nitrogens with zero attached hydrogens (tertiary/aromatic N) is 1. The maximum atomic E-state index is 13.1. The second-order valence-corrected chi connectivity index (χ2v) is 10.8. The molecule has 1 heterocycles. The van der Waals surface area contributed by atoms with Gasteiger partial charge in [0.15, 0.2) is 5.75 Å². The van der Waals surface area contributed by atoms with Gasteiger partial charge in [-0.15, -0.1) is 0 Å². The summed E-state index contributed by atoms with van der Waals surface area (Å²) < 4.78 is 33.5. The van der Waals surface area contributed by atoms with Crippen LogP contribution in [-0.4, -0.2) is 31.7 Å². The summed E-state index contributed by atoms with van der Waals surface area (Å²) >= 11 is 12.3. The van der Waals surface area contributed by atoms with Gasteiger partial charge in [0.1, 0.15) is 5.75 Å². The fourth-order valence-electron chi connectivity index (χ4n) is 3.86. The van der Waals surface area contributed by atoms with Crippen molar-refractivity contribution < 1.29 is 17.9 Å². The molecule has 0 aliphatic carbocycles. The number of amides is 1. The Morgan fingerprint density at radius 3 is 2.38 bits per heavy atom. The number of halogens is 2. The van der Waals surface area contributed by atoms with Crippen LogP contribution in [0.1, 0.15) is 18.4 Å². The zero-order valence-corrected chi connectivity index (χ0v) is 20.6. The first kappa shape index (κ1) is 24.5. The quantitative estimate of drug-likeness (QED) is 0.418. The molecule has 4 rings (SSSR count). The molecule has 0 aromatic heterocycles. The Balaban J connectivity index is 1.45. The van der Waals surface area contributed by atoms with Crippen LogP contribution in [0.25, 0.3) is 0 Å². The highest BCUT2D eigenvalue weighted by molar-refractivity contribution is 7.88. The molecular weight excluding hydrogens is 495 g/mol. The van der Waals surface area contributed by atoms with E-state index in [0.29, 0.717) is 52.2 Å². The molecular formula is C25H24Cl2N2O4S. The Kier molecular flexibility index (Phi) is 7.78. The summed E-state index contributed by atoms with van der Waals surface area (Å²) in [6, 6.07) is 21.3. The van der Waals surface area contributed by atoms with E-state index in [9.17, 15) is 13.2 Å². The zero-order valence-electron chi connectivity index (χ0n) is 18.3. The molecule has 1 N–H and O–H groups in total. The van der Waals surface area contributed by atoms with Crippen LogP contribution in [0.3, 0.4) is 0 Å². The van der Waals surface area contributed by atoms with Crippen molar-refractivity contribution in [3.8, 4) is 11.5 Å². The van der Waals surface area contributed by atoms with Crippen LogP contribution in [-0.2, 0) is 20.6 Å². The van der Waals surface area contributed by atoms with Gasteiger partial charge < -0.3 is 10.1 Å². The third-order valence-corrected chi connectivity index (χ3v) is 8.13. The van der Waals surface area contributed by atoms with Crippen molar-refractivity contribution >= 4 is 44.8 Å². The van der Waals surface area contributed by atoms with E-state index < -0.39 is 15.9 Å². The first-order chi connectivity index (χ1) is 16.3. The molecule has 1 saturated heterocycles. The number of hydrogen-bond donors (Lipinski definition) is 1. The van der Waals surface area contributed by atoms with E-state index in [0.717, 1.165) is 0 Å². The summed E-state index contributed by atoms with van der Waals surface area (Å²) in [5, 5.41) is 3.52. The Morgan fingerprint density at radius 2 is 1.65 bits per heavy atom. The lowest BCUT2D eigenvalue weighted by Crippen LogP contribution is -2.44. The van der Waals surface area contributed by atoms with Crippen LogP contribution in [0.4, 0.5) is 5.69 Å². The van der Waals surface area contributed by atoms with Crippen molar-refractivity contribution in [1.82, 2.24) is 4.31 Å². The Labute approximate surface area is 209 Å². The molecule has 1 aliphatic rings. The average Bonchev–Trinajstić information content (AvgIpc) is 2.83. The van der Waals surface area contributed by atoms with Crippen molar-refractivity contribution in [2.24, 2.45) is 5.92 Å². The third kappa shape index (κ3) is 5.91. The molecule has 1 atom stereocenters. The number of ether oxygens (including phenoxy) is 1. The number of rotatable bonds is 7. The number of carbonyl (C=O) groups excluding carboxylic acids is 1. The molecule has 0 bridgehead atoms. The van der Waals surface area contributed by atoms with Gasteiger partial charge in [-0.1, -0.05) is 59.6 Å². The minimum Gasteiger partial charge on any atom is -0.455 e. The molecule has 0 unspecified atom stereocenters. The molecule has 178 valence electrons. The van der Waals surface area contributed by atoms with Gasteiger partial charge in [0.25, 0.3) is 0 Å². The predicted octanol–water partition coefficient (Wildman–Crippen LogP) is 5.97. The number of piperidine rings is 1. The summed E-state index contributed by atoms with van der Waals surface area (Å²) in [5.41, 5.74) is 0.892. The van der Waals surface area contributed by atoms with Gasteiger partial charge in [-0.25, -0.2) is 12.7 Å². The number of anilines is 1. The Morgan fingerprint density at radius 1 is 0.971 bits per heavy atom. The first-order valence-electron chi connectivity index (χ1n) is 10.9. The van der Waals surface area contributed by atoms with E-state index in [1.165, 1.54) is 4.31 Å². The molecule has 34 heavy (non-hydrogen) atoms. The zero-order chi connectivity index (χ0) is 24.1. The number of para-hydroxylation sites is 3. The molecule has 1 amide bonds. The van der Waals surface area contributed by atoms with Crippen molar-refractivity contribution in [3.63, 3.8) is 0 Å². The van der Waals surface area contributed by atoms with Gasteiger partial charge >= 0.3 is 0 Å². The van der Waals surface area contributed by atoms with Gasteiger partial charge in [-0.3, -0.25) is 4.79 Å². The summed E-state index contributed by atoms with van der Waals surface area (Å²) in [6.45, 7) is 0.444. The molecule has 1 fully saturated rings. The lowest BCUT2D eigenvalue weighted by Gasteiger charge is -2.31. The molecule has 0 spiro atoms. The largest absolute Gasteiger partial charge is 0.455 e. The number of sulfonamides is 1.